The fraction of sp³-hybridized carbons (Fsp3) is 0.400. The van der Waals surface area contributed by atoms with Crippen LogP contribution < -0.4 is 10.5 Å². The van der Waals surface area contributed by atoms with E-state index in [2.05, 4.69) is 4.72 Å². The summed E-state index contributed by atoms with van der Waals surface area (Å²) in [5.74, 6) is -0.787. The van der Waals surface area contributed by atoms with Gasteiger partial charge in [0.25, 0.3) is 0 Å². The normalized spacial score (nSPS) is 15.3. The van der Waals surface area contributed by atoms with Crippen molar-refractivity contribution in [3.8, 4) is 0 Å². The quantitative estimate of drug-likeness (QED) is 0.772. The Morgan fingerprint density at radius 1 is 1.50 bits per heavy atom. The fourth-order valence-corrected chi connectivity index (χ4v) is 2.87. The Bertz CT molecular complexity index is 560. The average molecular weight is 294 g/mol. The zero-order chi connectivity index (χ0) is 13.9. The summed E-state index contributed by atoms with van der Waals surface area (Å²) in [6.07, 6.45) is 1.48. The standard InChI is InChI=1S/C10H15FN2O3S2/c1-7(17(2)14)6-13-18(15,16)9-5-3-4-8(11)10(9)12/h3-5,7,13H,6,12H2,1-2H3. The van der Waals surface area contributed by atoms with Gasteiger partial charge in [-0.05, 0) is 19.1 Å². The first kappa shape index (κ1) is 15.1. The Kier molecular flexibility index (Phi) is 4.83. The van der Waals surface area contributed by atoms with Gasteiger partial charge in [-0.1, -0.05) is 6.07 Å². The molecule has 8 heteroatoms. The molecule has 0 aliphatic rings. The van der Waals surface area contributed by atoms with Gasteiger partial charge in [-0.15, -0.1) is 0 Å². The van der Waals surface area contributed by atoms with Crippen molar-refractivity contribution in [2.45, 2.75) is 17.1 Å². The molecule has 2 atom stereocenters. The largest absolute Gasteiger partial charge is 0.395 e. The third kappa shape index (κ3) is 3.50. The van der Waals surface area contributed by atoms with E-state index in [9.17, 15) is 17.0 Å². The van der Waals surface area contributed by atoms with Crippen LogP contribution in [0.25, 0.3) is 0 Å². The van der Waals surface area contributed by atoms with E-state index in [1.165, 1.54) is 18.4 Å². The van der Waals surface area contributed by atoms with E-state index < -0.39 is 32.3 Å². The molecule has 0 bridgehead atoms. The van der Waals surface area contributed by atoms with Crippen LogP contribution >= 0.6 is 0 Å². The van der Waals surface area contributed by atoms with Crippen LogP contribution in [0.5, 0.6) is 0 Å². The highest BCUT2D eigenvalue weighted by Gasteiger charge is 2.20. The highest BCUT2D eigenvalue weighted by molar-refractivity contribution is 7.89. The van der Waals surface area contributed by atoms with Crippen LogP contribution in [0.4, 0.5) is 10.1 Å². The lowest BCUT2D eigenvalue weighted by atomic mass is 10.3. The first-order valence-corrected chi connectivity index (χ1v) is 8.22. The van der Waals surface area contributed by atoms with Crippen LogP contribution in [0.2, 0.25) is 0 Å². The predicted octanol–water partition coefficient (Wildman–Crippen LogP) is 0.453. The summed E-state index contributed by atoms with van der Waals surface area (Å²) in [5.41, 5.74) is 4.96. The van der Waals surface area contributed by atoms with Crippen LogP contribution in [0.3, 0.4) is 0 Å². The Balaban J connectivity index is 2.94. The van der Waals surface area contributed by atoms with E-state index in [-0.39, 0.29) is 16.7 Å². The van der Waals surface area contributed by atoms with Gasteiger partial charge < -0.3 is 5.73 Å². The number of hydrogen-bond donors (Lipinski definition) is 2. The number of nitrogens with two attached hydrogens (primary N) is 1. The predicted molar refractivity (Wildman–Crippen MR) is 69.5 cm³/mol. The summed E-state index contributed by atoms with van der Waals surface area (Å²) in [5, 5.41) is -0.338. The van der Waals surface area contributed by atoms with Crippen molar-refractivity contribution in [2.24, 2.45) is 0 Å². The number of hydrogen-bond acceptors (Lipinski definition) is 4. The van der Waals surface area contributed by atoms with Crippen molar-refractivity contribution in [2.75, 3.05) is 18.5 Å². The van der Waals surface area contributed by atoms with E-state index in [0.29, 0.717) is 0 Å². The highest BCUT2D eigenvalue weighted by Crippen LogP contribution is 2.20. The van der Waals surface area contributed by atoms with Crippen molar-refractivity contribution in [1.82, 2.24) is 4.72 Å². The first-order valence-electron chi connectivity index (χ1n) is 5.11. The second-order valence-corrected chi connectivity index (χ2v) is 7.35. The molecule has 0 aromatic heterocycles. The lowest BCUT2D eigenvalue weighted by Gasteiger charge is -2.12. The van der Waals surface area contributed by atoms with Gasteiger partial charge in [0, 0.05) is 28.9 Å². The molecule has 0 amide bonds. The molecule has 2 unspecified atom stereocenters. The monoisotopic (exact) mass is 294 g/mol. The molecule has 1 rings (SSSR count). The van der Waals surface area contributed by atoms with E-state index >= 15 is 0 Å². The molecule has 1 aromatic carbocycles. The summed E-state index contributed by atoms with van der Waals surface area (Å²) >= 11 is 0. The summed E-state index contributed by atoms with van der Waals surface area (Å²) < 4.78 is 50.3. The molecule has 0 saturated heterocycles. The minimum atomic E-state index is -3.89. The molecule has 102 valence electrons. The molecule has 0 heterocycles. The third-order valence-corrected chi connectivity index (χ3v) is 5.21. The minimum Gasteiger partial charge on any atom is -0.395 e. The van der Waals surface area contributed by atoms with Gasteiger partial charge in [0.15, 0.2) is 0 Å². The van der Waals surface area contributed by atoms with Crippen molar-refractivity contribution in [3.05, 3.63) is 24.0 Å². The number of sulfonamides is 1. The van der Waals surface area contributed by atoms with Gasteiger partial charge in [0.05, 0.1) is 5.69 Å². The molecule has 0 fully saturated rings. The van der Waals surface area contributed by atoms with E-state index in [1.54, 1.807) is 6.92 Å². The fourth-order valence-electron chi connectivity index (χ4n) is 1.17. The lowest BCUT2D eigenvalue weighted by molar-refractivity contribution is 0.578. The zero-order valence-electron chi connectivity index (χ0n) is 10.0. The Hall–Kier alpha value is -0.990. The van der Waals surface area contributed by atoms with Crippen molar-refractivity contribution in [3.63, 3.8) is 0 Å². The second-order valence-electron chi connectivity index (χ2n) is 3.81. The number of rotatable bonds is 5. The number of nitrogens with one attached hydrogen (secondary N) is 1. The molecule has 0 aliphatic carbocycles. The maximum absolute atomic E-state index is 13.2. The van der Waals surface area contributed by atoms with Gasteiger partial charge in [-0.3, -0.25) is 4.21 Å². The van der Waals surface area contributed by atoms with Gasteiger partial charge >= 0.3 is 0 Å². The Morgan fingerprint density at radius 2 is 2.11 bits per heavy atom. The molecule has 0 radical (unpaired) electrons. The lowest BCUT2D eigenvalue weighted by Crippen LogP contribution is -2.33. The molecule has 1 aromatic rings. The summed E-state index contributed by atoms with van der Waals surface area (Å²) in [4.78, 5) is -0.309. The van der Waals surface area contributed by atoms with E-state index in [1.807, 2.05) is 0 Å². The number of nitrogen functional groups attached to an aromatic ring is 1. The molecular formula is C10H15FN2O3S2. The SMILES string of the molecule is CC(CNS(=O)(=O)c1cccc(F)c1N)S(C)=O. The average Bonchev–Trinajstić information content (AvgIpc) is 2.29. The van der Waals surface area contributed by atoms with Gasteiger partial charge in [0.2, 0.25) is 10.0 Å². The number of benzene rings is 1. The van der Waals surface area contributed by atoms with Crippen molar-refractivity contribution in [1.29, 1.82) is 0 Å². The van der Waals surface area contributed by atoms with Gasteiger partial charge in [-0.2, -0.15) is 0 Å². The van der Waals surface area contributed by atoms with Crippen molar-refractivity contribution >= 4 is 26.5 Å². The van der Waals surface area contributed by atoms with E-state index in [0.717, 1.165) is 6.07 Å². The molecule has 0 aliphatic heterocycles. The number of anilines is 1. The number of halogens is 1. The highest BCUT2D eigenvalue weighted by atomic mass is 32.2. The maximum atomic E-state index is 13.2. The van der Waals surface area contributed by atoms with Crippen LogP contribution in [-0.2, 0) is 20.8 Å². The molecular weight excluding hydrogens is 279 g/mol. The summed E-state index contributed by atoms with van der Waals surface area (Å²) in [6, 6.07) is 3.56. The Labute approximate surface area is 108 Å². The maximum Gasteiger partial charge on any atom is 0.242 e. The topological polar surface area (TPSA) is 89.3 Å². The Morgan fingerprint density at radius 3 is 2.67 bits per heavy atom. The number of para-hydroxylation sites is 1. The summed E-state index contributed by atoms with van der Waals surface area (Å²) in [6.45, 7) is 1.65. The molecule has 0 spiro atoms. The molecule has 5 nitrogen and oxygen atoms in total. The van der Waals surface area contributed by atoms with E-state index in [4.69, 9.17) is 5.73 Å². The smallest absolute Gasteiger partial charge is 0.242 e. The molecule has 18 heavy (non-hydrogen) atoms. The second kappa shape index (κ2) is 5.77. The molecule has 0 saturated carbocycles. The van der Waals surface area contributed by atoms with Crippen LogP contribution in [0.15, 0.2) is 23.1 Å². The minimum absolute atomic E-state index is 0.00139. The van der Waals surface area contributed by atoms with Crippen LogP contribution in [-0.4, -0.2) is 30.7 Å². The van der Waals surface area contributed by atoms with Crippen LogP contribution in [0, 0.1) is 5.82 Å². The first-order chi connectivity index (χ1) is 8.25. The summed E-state index contributed by atoms with van der Waals surface area (Å²) in [7, 11) is -5.03. The van der Waals surface area contributed by atoms with Crippen molar-refractivity contribution < 1.29 is 17.0 Å². The third-order valence-electron chi connectivity index (χ3n) is 2.43. The van der Waals surface area contributed by atoms with Crippen LogP contribution in [0.1, 0.15) is 6.92 Å². The van der Waals surface area contributed by atoms with Gasteiger partial charge in [0.1, 0.15) is 10.7 Å². The zero-order valence-corrected chi connectivity index (χ0v) is 11.6. The van der Waals surface area contributed by atoms with Gasteiger partial charge in [-0.25, -0.2) is 17.5 Å². The molecule has 3 N–H and O–H groups in total.